The minimum absolute atomic E-state index is 0.0657. The van der Waals surface area contributed by atoms with E-state index in [-0.39, 0.29) is 23.6 Å². The van der Waals surface area contributed by atoms with Crippen molar-refractivity contribution in [2.75, 3.05) is 6.54 Å². The molecule has 142 valence electrons. The SMILES string of the molecule is CCc1cccc2c(/C=C3\SC(=O)N(CC(C)C)C3=O)cn(CC(N)=O)c12. The van der Waals surface area contributed by atoms with Crippen molar-refractivity contribution in [1.82, 2.24) is 9.47 Å². The molecule has 0 spiro atoms. The highest BCUT2D eigenvalue weighted by molar-refractivity contribution is 8.18. The van der Waals surface area contributed by atoms with Crippen LogP contribution in [-0.2, 0) is 22.6 Å². The zero-order valence-corrected chi connectivity index (χ0v) is 16.5. The lowest BCUT2D eigenvalue weighted by Gasteiger charge is -2.14. The Morgan fingerprint density at radius 1 is 1.30 bits per heavy atom. The van der Waals surface area contributed by atoms with Crippen LogP contribution in [-0.4, -0.2) is 33.1 Å². The molecule has 7 heteroatoms. The number of aromatic nitrogens is 1. The average molecular weight is 385 g/mol. The van der Waals surface area contributed by atoms with Gasteiger partial charge >= 0.3 is 0 Å². The monoisotopic (exact) mass is 385 g/mol. The smallest absolute Gasteiger partial charge is 0.293 e. The number of benzene rings is 1. The Bertz CT molecular complexity index is 959. The van der Waals surface area contributed by atoms with Gasteiger partial charge in [-0.2, -0.15) is 0 Å². The maximum absolute atomic E-state index is 12.6. The quantitative estimate of drug-likeness (QED) is 0.773. The van der Waals surface area contributed by atoms with Gasteiger partial charge < -0.3 is 10.3 Å². The summed E-state index contributed by atoms with van der Waals surface area (Å²) in [6.45, 7) is 6.46. The highest BCUT2D eigenvalue weighted by atomic mass is 32.2. The first-order chi connectivity index (χ1) is 12.8. The molecule has 0 saturated carbocycles. The predicted molar refractivity (Wildman–Crippen MR) is 108 cm³/mol. The summed E-state index contributed by atoms with van der Waals surface area (Å²) in [5, 5.41) is 0.696. The molecule has 0 bridgehead atoms. The van der Waals surface area contributed by atoms with Crippen LogP contribution in [0.1, 0.15) is 31.9 Å². The lowest BCUT2D eigenvalue weighted by Crippen LogP contribution is -2.31. The molecular weight excluding hydrogens is 362 g/mol. The van der Waals surface area contributed by atoms with Gasteiger partial charge in [-0.15, -0.1) is 0 Å². The van der Waals surface area contributed by atoms with Crippen molar-refractivity contribution in [1.29, 1.82) is 0 Å². The summed E-state index contributed by atoms with van der Waals surface area (Å²) >= 11 is 0.958. The molecule has 1 aromatic carbocycles. The third kappa shape index (κ3) is 3.78. The van der Waals surface area contributed by atoms with Crippen molar-refractivity contribution in [2.24, 2.45) is 11.7 Å². The van der Waals surface area contributed by atoms with E-state index >= 15 is 0 Å². The first-order valence-electron chi connectivity index (χ1n) is 8.96. The number of rotatable bonds is 6. The number of amides is 3. The summed E-state index contributed by atoms with van der Waals surface area (Å²) in [5.41, 5.74) is 8.24. The van der Waals surface area contributed by atoms with E-state index in [1.807, 2.05) is 49.7 Å². The van der Waals surface area contributed by atoms with Gasteiger partial charge in [-0.1, -0.05) is 39.0 Å². The van der Waals surface area contributed by atoms with Crippen LogP contribution in [0.15, 0.2) is 29.3 Å². The Morgan fingerprint density at radius 3 is 2.67 bits per heavy atom. The molecule has 2 N–H and O–H groups in total. The molecule has 6 nitrogen and oxygen atoms in total. The number of fused-ring (bicyclic) bond motifs is 1. The second kappa shape index (κ2) is 7.60. The fourth-order valence-corrected chi connectivity index (χ4v) is 4.16. The molecule has 1 fully saturated rings. The van der Waals surface area contributed by atoms with Gasteiger partial charge in [0.15, 0.2) is 0 Å². The number of primary amides is 1. The van der Waals surface area contributed by atoms with Gasteiger partial charge in [-0.25, -0.2) is 0 Å². The van der Waals surface area contributed by atoms with E-state index in [0.717, 1.165) is 40.2 Å². The zero-order valence-electron chi connectivity index (χ0n) is 15.7. The van der Waals surface area contributed by atoms with E-state index < -0.39 is 5.91 Å². The Labute approximate surface area is 162 Å². The van der Waals surface area contributed by atoms with Crippen molar-refractivity contribution in [3.05, 3.63) is 40.4 Å². The van der Waals surface area contributed by atoms with Crippen molar-refractivity contribution in [3.8, 4) is 0 Å². The molecule has 1 aromatic heterocycles. The fraction of sp³-hybridized carbons (Fsp3) is 0.350. The molecule has 1 aliphatic heterocycles. The van der Waals surface area contributed by atoms with Gasteiger partial charge in [0.25, 0.3) is 11.1 Å². The molecule has 0 radical (unpaired) electrons. The van der Waals surface area contributed by atoms with Crippen molar-refractivity contribution in [2.45, 2.75) is 33.7 Å². The second-order valence-corrected chi connectivity index (χ2v) is 8.02. The Morgan fingerprint density at radius 2 is 2.04 bits per heavy atom. The molecule has 3 rings (SSSR count). The van der Waals surface area contributed by atoms with E-state index in [1.54, 1.807) is 6.08 Å². The van der Waals surface area contributed by atoms with Crippen LogP contribution in [0.4, 0.5) is 4.79 Å². The number of hydrogen-bond donors (Lipinski definition) is 1. The average Bonchev–Trinajstić information content (AvgIpc) is 3.07. The topological polar surface area (TPSA) is 85.4 Å². The van der Waals surface area contributed by atoms with Crippen LogP contribution >= 0.6 is 11.8 Å². The van der Waals surface area contributed by atoms with Gasteiger partial charge in [0.05, 0.1) is 10.4 Å². The van der Waals surface area contributed by atoms with Gasteiger partial charge in [-0.05, 0) is 35.7 Å². The second-order valence-electron chi connectivity index (χ2n) is 7.03. The minimum atomic E-state index is -0.429. The lowest BCUT2D eigenvalue weighted by molar-refractivity contribution is -0.123. The van der Waals surface area contributed by atoms with E-state index in [4.69, 9.17) is 5.73 Å². The van der Waals surface area contributed by atoms with Crippen LogP contribution in [0.3, 0.4) is 0 Å². The van der Waals surface area contributed by atoms with Gasteiger partial charge in [0.2, 0.25) is 5.91 Å². The van der Waals surface area contributed by atoms with Gasteiger partial charge in [0.1, 0.15) is 6.54 Å². The highest BCUT2D eigenvalue weighted by Gasteiger charge is 2.35. The first-order valence-corrected chi connectivity index (χ1v) is 9.77. The Kier molecular flexibility index (Phi) is 5.41. The van der Waals surface area contributed by atoms with Crippen LogP contribution < -0.4 is 5.73 Å². The summed E-state index contributed by atoms with van der Waals surface area (Å²) in [6.07, 6.45) is 4.37. The molecule has 0 atom stereocenters. The number of aryl methyl sites for hydroxylation is 1. The molecule has 1 saturated heterocycles. The van der Waals surface area contributed by atoms with Crippen LogP contribution in [0, 0.1) is 5.92 Å². The van der Waals surface area contributed by atoms with Gasteiger partial charge in [0, 0.05) is 23.7 Å². The van der Waals surface area contributed by atoms with Crippen LogP contribution in [0.25, 0.3) is 17.0 Å². The molecule has 27 heavy (non-hydrogen) atoms. The number of nitrogens with zero attached hydrogens (tertiary/aromatic N) is 2. The summed E-state index contributed by atoms with van der Waals surface area (Å²) in [6, 6.07) is 5.92. The van der Waals surface area contributed by atoms with Gasteiger partial charge in [-0.3, -0.25) is 19.3 Å². The number of carbonyl (C=O) groups is 3. The molecular formula is C20H23N3O3S. The summed E-state index contributed by atoms with van der Waals surface area (Å²) in [5.74, 6) is -0.481. The van der Waals surface area contributed by atoms with E-state index in [9.17, 15) is 14.4 Å². The standard InChI is InChI=1S/C20H23N3O3S/c1-4-13-6-5-7-15-14(10-22(18(13)15)11-17(21)24)8-16-19(25)23(9-12(2)3)20(26)27-16/h5-8,10,12H,4,9,11H2,1-3H3,(H2,21,24)/b16-8-. The Balaban J connectivity index is 2.07. The molecule has 3 amide bonds. The summed E-state index contributed by atoms with van der Waals surface area (Å²) in [7, 11) is 0. The van der Waals surface area contributed by atoms with Crippen LogP contribution in [0.2, 0.25) is 0 Å². The van der Waals surface area contributed by atoms with E-state index in [0.29, 0.717) is 11.4 Å². The fourth-order valence-electron chi connectivity index (χ4n) is 3.32. The molecule has 2 aromatic rings. The maximum atomic E-state index is 12.6. The van der Waals surface area contributed by atoms with E-state index in [2.05, 4.69) is 0 Å². The maximum Gasteiger partial charge on any atom is 0.293 e. The lowest BCUT2D eigenvalue weighted by atomic mass is 10.1. The number of nitrogens with two attached hydrogens (primary N) is 1. The van der Waals surface area contributed by atoms with Crippen LogP contribution in [0.5, 0.6) is 0 Å². The summed E-state index contributed by atoms with van der Waals surface area (Å²) in [4.78, 5) is 38.0. The number of para-hydroxylation sites is 1. The zero-order chi connectivity index (χ0) is 19.7. The molecule has 1 aliphatic rings. The number of imide groups is 1. The minimum Gasteiger partial charge on any atom is -0.368 e. The molecule has 0 aliphatic carbocycles. The highest BCUT2D eigenvalue weighted by Crippen LogP contribution is 2.35. The van der Waals surface area contributed by atoms with E-state index in [1.165, 1.54) is 4.90 Å². The predicted octanol–water partition coefficient (Wildman–Crippen LogP) is 3.38. The summed E-state index contributed by atoms with van der Waals surface area (Å²) < 4.78 is 1.82. The number of hydrogen-bond acceptors (Lipinski definition) is 4. The Hall–Kier alpha value is -2.54. The van der Waals surface area contributed by atoms with Crippen molar-refractivity contribution in [3.63, 3.8) is 0 Å². The largest absolute Gasteiger partial charge is 0.368 e. The first kappa shape index (κ1) is 19.2. The van der Waals surface area contributed by atoms with Crippen molar-refractivity contribution < 1.29 is 14.4 Å². The molecule has 2 heterocycles. The number of thioether (sulfide) groups is 1. The third-order valence-electron chi connectivity index (χ3n) is 4.43. The molecule has 0 unspecified atom stereocenters. The number of carbonyl (C=O) groups excluding carboxylic acids is 3. The third-order valence-corrected chi connectivity index (χ3v) is 5.34. The van der Waals surface area contributed by atoms with Crippen molar-refractivity contribution >= 4 is 45.8 Å². The normalized spacial score (nSPS) is 16.3.